The fourth-order valence-electron chi connectivity index (χ4n) is 1.01. The fraction of sp³-hybridized carbons (Fsp3) is 0.200. The number of benzene rings is 1. The molecule has 0 aliphatic carbocycles. The van der Waals surface area contributed by atoms with Crippen LogP contribution in [0.15, 0.2) is 34.6 Å². The van der Waals surface area contributed by atoms with Gasteiger partial charge in [-0.15, -0.1) is 0 Å². The Bertz CT molecular complexity index is 540. The maximum absolute atomic E-state index is 11.4. The Balaban J connectivity index is 0.00000256. The van der Waals surface area contributed by atoms with Crippen molar-refractivity contribution in [2.45, 2.75) is 4.90 Å². The molecule has 1 aromatic carbocycles. The van der Waals surface area contributed by atoms with Crippen LogP contribution in [0.3, 0.4) is 0 Å². The predicted molar refractivity (Wildman–Crippen MR) is 64.8 cm³/mol. The van der Waals surface area contributed by atoms with Gasteiger partial charge in [0.15, 0.2) is 0 Å². The Morgan fingerprint density at radius 3 is 2.00 bits per heavy atom. The summed E-state index contributed by atoms with van der Waals surface area (Å²) in [6, 6.07) is 5.46. The van der Waals surface area contributed by atoms with Gasteiger partial charge in [0.05, 0.1) is 4.90 Å². The smallest absolute Gasteiger partial charge is 0.744 e. The van der Waals surface area contributed by atoms with Gasteiger partial charge in [-0.2, -0.15) is 0 Å². The van der Waals surface area contributed by atoms with E-state index in [1.54, 1.807) is 24.0 Å². The second-order valence-electron chi connectivity index (χ2n) is 3.77. The Morgan fingerprint density at radius 2 is 1.65 bits per heavy atom. The molecule has 0 spiro atoms. The molecule has 0 atom stereocenters. The van der Waals surface area contributed by atoms with Gasteiger partial charge in [0.2, 0.25) is 0 Å². The molecule has 7 heteroatoms. The van der Waals surface area contributed by atoms with Gasteiger partial charge in [-0.1, -0.05) is 22.1 Å². The number of rotatable bonds is 3. The van der Waals surface area contributed by atoms with Crippen LogP contribution in [0.1, 0.15) is 5.56 Å². The zero-order chi connectivity index (χ0) is 12.4. The molecule has 0 saturated carbocycles. The molecule has 1 aromatic rings. The summed E-state index contributed by atoms with van der Waals surface area (Å²) >= 11 is 0. The molecule has 0 heterocycles. The minimum Gasteiger partial charge on any atom is -0.744 e. The van der Waals surface area contributed by atoms with E-state index in [0.29, 0.717) is 5.56 Å². The van der Waals surface area contributed by atoms with Crippen molar-refractivity contribution in [1.29, 1.82) is 0 Å². The molecule has 0 saturated heterocycles. The molecule has 0 unspecified atom stereocenters. The molecular formula is C10H13NaO4S2. The van der Waals surface area contributed by atoms with E-state index in [2.05, 4.69) is 0 Å². The van der Waals surface area contributed by atoms with Crippen LogP contribution in [0, 0.1) is 0 Å². The molecule has 90 valence electrons. The van der Waals surface area contributed by atoms with E-state index in [0.717, 1.165) is 0 Å². The first-order chi connectivity index (χ1) is 7.18. The fourth-order valence-corrected chi connectivity index (χ4v) is 2.01. The largest absolute Gasteiger partial charge is 1.00 e. The van der Waals surface area contributed by atoms with Gasteiger partial charge in [-0.25, -0.2) is 8.42 Å². The molecular weight excluding hydrogens is 271 g/mol. The predicted octanol–water partition coefficient (Wildman–Crippen LogP) is -2.16. The Hall–Kier alpha value is 0.0200. The van der Waals surface area contributed by atoms with Gasteiger partial charge < -0.3 is 4.55 Å². The number of thiol groups is 1. The molecule has 0 aromatic heterocycles. The van der Waals surface area contributed by atoms with E-state index in [9.17, 15) is 17.2 Å². The van der Waals surface area contributed by atoms with Crippen molar-refractivity contribution in [2.24, 2.45) is 0 Å². The first kappa shape index (κ1) is 17.0. The van der Waals surface area contributed by atoms with Crippen LogP contribution in [0.5, 0.6) is 0 Å². The van der Waals surface area contributed by atoms with Gasteiger partial charge in [-0.3, -0.25) is 4.21 Å². The van der Waals surface area contributed by atoms with Crippen LogP contribution >= 0.6 is 0 Å². The minimum absolute atomic E-state index is 0. The molecule has 4 nitrogen and oxygen atoms in total. The molecule has 0 N–H and O–H groups in total. The van der Waals surface area contributed by atoms with Crippen molar-refractivity contribution < 1.29 is 46.7 Å². The van der Waals surface area contributed by atoms with Crippen LogP contribution in [0.2, 0.25) is 0 Å². The number of hydrogen-bond donors (Lipinski definition) is 1. The van der Waals surface area contributed by atoms with Gasteiger partial charge >= 0.3 is 29.6 Å². The average molecular weight is 284 g/mol. The van der Waals surface area contributed by atoms with E-state index in [1.165, 1.54) is 24.3 Å². The SMILES string of the molecule is C[SH](C)(=O)C=Cc1ccc(S(=O)(=O)[O-])cc1.[Na+]. The number of hydrogen-bond acceptors (Lipinski definition) is 4. The molecule has 0 fully saturated rings. The van der Waals surface area contributed by atoms with Crippen molar-refractivity contribution in [2.75, 3.05) is 12.5 Å². The van der Waals surface area contributed by atoms with Gasteiger partial charge in [0.25, 0.3) is 0 Å². The third-order valence-electron chi connectivity index (χ3n) is 1.79. The molecule has 1 rings (SSSR count). The molecule has 0 amide bonds. The van der Waals surface area contributed by atoms with E-state index >= 15 is 0 Å². The summed E-state index contributed by atoms with van der Waals surface area (Å²) in [5, 5.41) is 1.58. The summed E-state index contributed by atoms with van der Waals surface area (Å²) in [6.07, 6.45) is 4.89. The van der Waals surface area contributed by atoms with Crippen molar-refractivity contribution in [3.8, 4) is 0 Å². The quantitative estimate of drug-likeness (QED) is 0.390. The van der Waals surface area contributed by atoms with Gasteiger partial charge in [0.1, 0.15) is 10.1 Å². The summed E-state index contributed by atoms with van der Waals surface area (Å²) in [4.78, 5) is -0.263. The second kappa shape index (κ2) is 6.26. The molecule has 0 bridgehead atoms. The molecule has 0 radical (unpaired) electrons. The van der Waals surface area contributed by atoms with Crippen LogP contribution in [0.25, 0.3) is 6.08 Å². The van der Waals surface area contributed by atoms with Gasteiger partial charge in [-0.05, 0) is 41.7 Å². The average Bonchev–Trinajstić information content (AvgIpc) is 2.13. The van der Waals surface area contributed by atoms with E-state index in [-0.39, 0.29) is 34.5 Å². The van der Waals surface area contributed by atoms with E-state index < -0.39 is 20.1 Å². The third kappa shape index (κ3) is 6.49. The maximum atomic E-state index is 11.4. The van der Waals surface area contributed by atoms with E-state index in [4.69, 9.17) is 0 Å². The second-order valence-corrected chi connectivity index (χ2v) is 8.32. The van der Waals surface area contributed by atoms with Crippen LogP contribution in [-0.2, 0) is 20.1 Å². The van der Waals surface area contributed by atoms with Crippen LogP contribution < -0.4 is 29.6 Å². The summed E-state index contributed by atoms with van der Waals surface area (Å²) < 4.78 is 43.3. The first-order valence-corrected chi connectivity index (χ1v) is 8.56. The zero-order valence-corrected chi connectivity index (χ0v) is 13.7. The molecule has 17 heavy (non-hydrogen) atoms. The Kier molecular flexibility index (Phi) is 6.27. The zero-order valence-electron chi connectivity index (χ0n) is 9.95. The van der Waals surface area contributed by atoms with Gasteiger partial charge in [0, 0.05) is 0 Å². The molecule has 0 aliphatic rings. The topological polar surface area (TPSA) is 74.3 Å². The van der Waals surface area contributed by atoms with E-state index in [1.807, 2.05) is 0 Å². The van der Waals surface area contributed by atoms with Crippen molar-refractivity contribution >= 4 is 26.1 Å². The standard InChI is InChI=1S/C10H14O4S2.Na/c1-15(2,11)8-7-9-3-5-10(6-4-9)16(12,13)14;/h3-8,15H,1-2H3,(H,12,13,14);/q;+1/p-1. The summed E-state index contributed by atoms with van der Waals surface area (Å²) in [7, 11) is -6.63. The van der Waals surface area contributed by atoms with Crippen molar-refractivity contribution in [1.82, 2.24) is 0 Å². The first-order valence-electron chi connectivity index (χ1n) is 4.48. The maximum Gasteiger partial charge on any atom is 1.00 e. The van der Waals surface area contributed by atoms with Crippen LogP contribution in [-0.4, -0.2) is 29.7 Å². The van der Waals surface area contributed by atoms with Crippen LogP contribution in [0.4, 0.5) is 0 Å². The monoisotopic (exact) mass is 284 g/mol. The summed E-state index contributed by atoms with van der Waals surface area (Å²) in [5.41, 5.74) is 0.705. The Morgan fingerprint density at radius 1 is 1.18 bits per heavy atom. The van der Waals surface area contributed by atoms with Crippen molar-refractivity contribution in [3.05, 3.63) is 35.2 Å². The third-order valence-corrected chi connectivity index (χ3v) is 3.51. The van der Waals surface area contributed by atoms with Crippen molar-refractivity contribution in [3.63, 3.8) is 0 Å². The normalized spacial score (nSPS) is 13.4. The minimum atomic E-state index is -4.39. The summed E-state index contributed by atoms with van der Waals surface area (Å²) in [6.45, 7) is 0. The summed E-state index contributed by atoms with van der Waals surface area (Å²) in [5.74, 6) is 0. The Labute approximate surface area is 125 Å². The molecule has 0 aliphatic heterocycles.